The summed E-state index contributed by atoms with van der Waals surface area (Å²) in [5.41, 5.74) is 0.655. The summed E-state index contributed by atoms with van der Waals surface area (Å²) in [5, 5.41) is 19.2. The van der Waals surface area contributed by atoms with Crippen LogP contribution in [0, 0.1) is 0 Å². The Morgan fingerprint density at radius 1 is 1.00 bits per heavy atom. The second-order valence-electron chi connectivity index (χ2n) is 13.5. The second-order valence-corrected chi connectivity index (χ2v) is 14.7. The standard InChI is InChI=1S/C33H43ClF3N7O4S/c1-40-7-2-8-41(14-13-40)23-3-9-42(10-4-23)30(46)27(17-21-15-25(33(35,36)37)29(45)26(34)16-21)38-31(47)43-11-5-24(6-12-43)44-18-22-19-49-20-28(22)39-32(44)48/h15-16,19-20,23-24,27,45H,2-14,17-18H2,1H3,(H,38,47)(H,39,48)/t27-/m1/s1. The molecule has 3 saturated heterocycles. The van der Waals surface area contributed by atoms with Gasteiger partial charge < -0.3 is 35.3 Å². The van der Waals surface area contributed by atoms with Crippen LogP contribution in [0.25, 0.3) is 0 Å². The van der Waals surface area contributed by atoms with E-state index in [0.29, 0.717) is 51.6 Å². The first kappa shape index (κ1) is 35.6. The largest absolute Gasteiger partial charge is 0.506 e. The molecular formula is C33H43ClF3N7O4S. The molecule has 0 aliphatic carbocycles. The second kappa shape index (κ2) is 14.9. The Labute approximate surface area is 292 Å². The molecule has 268 valence electrons. The first-order valence-corrected chi connectivity index (χ1v) is 18.2. The van der Waals surface area contributed by atoms with Crippen LogP contribution in [0.15, 0.2) is 22.9 Å². The monoisotopic (exact) mass is 725 g/mol. The van der Waals surface area contributed by atoms with Crippen molar-refractivity contribution in [3.63, 3.8) is 0 Å². The fourth-order valence-electron chi connectivity index (χ4n) is 7.44. The van der Waals surface area contributed by atoms with Gasteiger partial charge in [0.15, 0.2) is 0 Å². The van der Waals surface area contributed by atoms with Crippen molar-refractivity contribution in [1.29, 1.82) is 0 Å². The molecule has 0 radical (unpaired) electrons. The lowest BCUT2D eigenvalue weighted by molar-refractivity contribution is -0.138. The van der Waals surface area contributed by atoms with Gasteiger partial charge in [0.05, 0.1) is 22.8 Å². The number of phenols is 1. The molecule has 0 unspecified atom stereocenters. The Morgan fingerprint density at radius 3 is 2.41 bits per heavy atom. The maximum atomic E-state index is 14.0. The molecule has 5 heterocycles. The lowest BCUT2D eigenvalue weighted by atomic mass is 9.98. The molecule has 4 aliphatic rings. The van der Waals surface area contributed by atoms with Crippen molar-refractivity contribution in [3.8, 4) is 5.75 Å². The number of alkyl halides is 3. The number of likely N-dealkylation sites (tertiary alicyclic amines) is 2. The van der Waals surface area contributed by atoms with Gasteiger partial charge in [0.2, 0.25) is 5.91 Å². The van der Waals surface area contributed by atoms with Crippen LogP contribution in [0.3, 0.4) is 0 Å². The molecule has 6 rings (SSSR count). The Balaban J connectivity index is 1.13. The van der Waals surface area contributed by atoms with Crippen molar-refractivity contribution in [3.05, 3.63) is 44.6 Å². The summed E-state index contributed by atoms with van der Waals surface area (Å²) >= 11 is 7.53. The van der Waals surface area contributed by atoms with Gasteiger partial charge in [-0.1, -0.05) is 11.6 Å². The molecular weight excluding hydrogens is 683 g/mol. The third kappa shape index (κ3) is 8.21. The van der Waals surface area contributed by atoms with Crippen LogP contribution in [-0.4, -0.2) is 125 Å². The highest BCUT2D eigenvalue weighted by Gasteiger charge is 2.38. The number of aromatic hydroxyl groups is 1. The summed E-state index contributed by atoms with van der Waals surface area (Å²) < 4.78 is 41.2. The fourth-order valence-corrected chi connectivity index (χ4v) is 8.46. The van der Waals surface area contributed by atoms with Crippen LogP contribution >= 0.6 is 22.9 Å². The quantitative estimate of drug-likeness (QED) is 0.392. The fraction of sp³-hybridized carbons (Fsp3) is 0.606. The Bertz CT molecular complexity index is 1530. The Hall–Kier alpha value is -3.27. The molecule has 49 heavy (non-hydrogen) atoms. The van der Waals surface area contributed by atoms with E-state index in [2.05, 4.69) is 27.5 Å². The number of carbonyl (C=O) groups excluding carboxylic acids is 3. The van der Waals surface area contributed by atoms with E-state index < -0.39 is 34.6 Å². The van der Waals surface area contributed by atoms with E-state index in [-0.39, 0.29) is 30.0 Å². The normalized spacial score (nSPS) is 21.2. The van der Waals surface area contributed by atoms with E-state index in [1.54, 1.807) is 14.7 Å². The number of anilines is 1. The number of fused-ring (bicyclic) bond motifs is 1. The van der Waals surface area contributed by atoms with Crippen LogP contribution < -0.4 is 10.6 Å². The summed E-state index contributed by atoms with van der Waals surface area (Å²) in [5.74, 6) is -1.45. The molecule has 5 amide bonds. The van der Waals surface area contributed by atoms with E-state index >= 15 is 0 Å². The molecule has 4 aliphatic heterocycles. The van der Waals surface area contributed by atoms with Gasteiger partial charge in [0, 0.05) is 68.7 Å². The molecule has 3 fully saturated rings. The third-order valence-electron chi connectivity index (χ3n) is 10.3. The molecule has 16 heteroatoms. The van der Waals surface area contributed by atoms with Gasteiger partial charge in [0.1, 0.15) is 11.8 Å². The van der Waals surface area contributed by atoms with Gasteiger partial charge in [-0.2, -0.15) is 13.2 Å². The predicted molar refractivity (Wildman–Crippen MR) is 181 cm³/mol. The molecule has 3 N–H and O–H groups in total. The molecule has 0 saturated carbocycles. The van der Waals surface area contributed by atoms with E-state index in [0.717, 1.165) is 62.8 Å². The van der Waals surface area contributed by atoms with Gasteiger partial charge in [0.25, 0.3) is 0 Å². The van der Waals surface area contributed by atoms with Crippen molar-refractivity contribution < 1.29 is 32.7 Å². The number of halogens is 4. The van der Waals surface area contributed by atoms with E-state index in [1.807, 2.05) is 10.8 Å². The number of nitrogens with one attached hydrogen (secondary N) is 2. The number of hydrogen-bond acceptors (Lipinski definition) is 7. The number of phenolic OH excluding ortho intramolecular Hbond substituents is 1. The lowest BCUT2D eigenvalue weighted by Gasteiger charge is -2.41. The molecule has 0 spiro atoms. The van der Waals surface area contributed by atoms with E-state index in [4.69, 9.17) is 11.6 Å². The first-order chi connectivity index (χ1) is 23.4. The van der Waals surface area contributed by atoms with Crippen molar-refractivity contribution in [1.82, 2.24) is 29.8 Å². The van der Waals surface area contributed by atoms with Crippen LogP contribution in [0.2, 0.25) is 5.02 Å². The highest BCUT2D eigenvalue weighted by atomic mass is 35.5. The number of amides is 5. The van der Waals surface area contributed by atoms with E-state index in [9.17, 15) is 32.7 Å². The van der Waals surface area contributed by atoms with Crippen molar-refractivity contribution >= 4 is 46.6 Å². The van der Waals surface area contributed by atoms with Crippen LogP contribution in [0.5, 0.6) is 5.75 Å². The van der Waals surface area contributed by atoms with Crippen LogP contribution in [0.1, 0.15) is 48.8 Å². The van der Waals surface area contributed by atoms with E-state index in [1.165, 1.54) is 17.4 Å². The van der Waals surface area contributed by atoms with Gasteiger partial charge in [-0.3, -0.25) is 9.69 Å². The molecule has 0 bridgehead atoms. The maximum Gasteiger partial charge on any atom is 0.420 e. The lowest BCUT2D eigenvalue weighted by Crippen LogP contribution is -2.57. The minimum absolute atomic E-state index is 0.0691. The summed E-state index contributed by atoms with van der Waals surface area (Å²) in [6.45, 7) is 6.13. The summed E-state index contributed by atoms with van der Waals surface area (Å²) in [6.07, 6.45) is -1.40. The SMILES string of the molecule is CN1CCCN(C2CCN(C(=O)[C@@H](Cc3cc(Cl)c(O)c(C(F)(F)F)c3)NC(=O)N3CCC(N4Cc5cscc5NC4=O)CC3)CC2)CC1. The number of likely N-dealkylation sites (N-methyl/N-ethyl adjacent to an activating group) is 1. The number of thiophene rings is 1. The highest BCUT2D eigenvalue weighted by molar-refractivity contribution is 7.08. The molecule has 11 nitrogen and oxygen atoms in total. The predicted octanol–water partition coefficient (Wildman–Crippen LogP) is 4.89. The average Bonchev–Trinajstić information content (AvgIpc) is 3.42. The molecule has 2 aromatic rings. The zero-order valence-corrected chi connectivity index (χ0v) is 29.0. The van der Waals surface area contributed by atoms with Gasteiger partial charge >= 0.3 is 18.2 Å². The average molecular weight is 726 g/mol. The first-order valence-electron chi connectivity index (χ1n) is 16.9. The Morgan fingerprint density at radius 2 is 1.69 bits per heavy atom. The summed E-state index contributed by atoms with van der Waals surface area (Å²) in [4.78, 5) is 50.3. The number of piperidine rings is 2. The van der Waals surface area contributed by atoms with Gasteiger partial charge in [-0.15, -0.1) is 11.3 Å². The molecule has 1 atom stereocenters. The van der Waals surface area contributed by atoms with Crippen LogP contribution in [-0.2, 0) is 23.9 Å². The zero-order valence-electron chi connectivity index (χ0n) is 27.5. The van der Waals surface area contributed by atoms with Crippen LogP contribution in [0.4, 0.5) is 28.4 Å². The highest BCUT2D eigenvalue weighted by Crippen LogP contribution is 2.40. The summed E-state index contributed by atoms with van der Waals surface area (Å²) in [6, 6.07) is 0.435. The molecule has 1 aromatic heterocycles. The molecule has 1 aromatic carbocycles. The minimum Gasteiger partial charge on any atom is -0.506 e. The van der Waals surface area contributed by atoms with Gasteiger partial charge in [-0.25, -0.2) is 9.59 Å². The smallest absolute Gasteiger partial charge is 0.420 e. The topological polar surface area (TPSA) is 112 Å². The van der Waals surface area contributed by atoms with Crippen molar-refractivity contribution in [2.75, 3.05) is 64.7 Å². The zero-order chi connectivity index (χ0) is 34.9. The van der Waals surface area contributed by atoms with Crippen molar-refractivity contribution in [2.45, 2.75) is 69.4 Å². The third-order valence-corrected chi connectivity index (χ3v) is 11.4. The number of benzene rings is 1. The maximum absolute atomic E-state index is 14.0. The number of urea groups is 2. The minimum atomic E-state index is -4.86. The Kier molecular flexibility index (Phi) is 10.8. The number of hydrogen-bond donors (Lipinski definition) is 3. The number of nitrogens with zero attached hydrogens (tertiary/aromatic N) is 5. The van der Waals surface area contributed by atoms with Crippen molar-refractivity contribution in [2.24, 2.45) is 0 Å². The number of rotatable bonds is 6. The van der Waals surface area contributed by atoms with Gasteiger partial charge in [-0.05, 0) is 75.3 Å². The summed E-state index contributed by atoms with van der Waals surface area (Å²) in [7, 11) is 2.12. The number of carbonyl (C=O) groups is 3.